The maximum atomic E-state index is 9.66. The summed E-state index contributed by atoms with van der Waals surface area (Å²) in [5, 5.41) is 17.4. The zero-order valence-corrected chi connectivity index (χ0v) is 13.4. The van der Waals surface area contributed by atoms with Gasteiger partial charge in [0.15, 0.2) is 11.9 Å². The Balaban J connectivity index is 1.83. The summed E-state index contributed by atoms with van der Waals surface area (Å²) in [5.74, 6) is 0.894. The molecule has 6 nitrogen and oxygen atoms in total. The number of hydrogen-bond acceptors (Lipinski definition) is 5. The minimum Gasteiger partial charge on any atom is -0.364 e. The molecule has 6 heteroatoms. The number of nitrogens with one attached hydrogen (secondary N) is 1. The fourth-order valence-electron chi connectivity index (χ4n) is 2.53. The predicted octanol–water partition coefficient (Wildman–Crippen LogP) is 2.85. The highest BCUT2D eigenvalue weighted by Gasteiger charge is 2.11. The number of fused-ring (bicyclic) bond motifs is 1. The van der Waals surface area contributed by atoms with Crippen molar-refractivity contribution in [2.75, 3.05) is 12.4 Å². The Kier molecular flexibility index (Phi) is 4.27. The highest BCUT2D eigenvalue weighted by molar-refractivity contribution is 5.50. The molecule has 0 amide bonds. The molecule has 0 saturated heterocycles. The van der Waals surface area contributed by atoms with Crippen LogP contribution in [0.1, 0.15) is 36.1 Å². The summed E-state index contributed by atoms with van der Waals surface area (Å²) in [6.07, 6.45) is 0.845. The van der Waals surface area contributed by atoms with Gasteiger partial charge in [-0.15, -0.1) is 0 Å². The Morgan fingerprint density at radius 1 is 1.17 bits per heavy atom. The summed E-state index contributed by atoms with van der Waals surface area (Å²) in [6.45, 7) is 4.04. The number of aromatic nitrogens is 3. The van der Waals surface area contributed by atoms with Gasteiger partial charge in [0.05, 0.1) is 6.20 Å². The molecule has 0 aliphatic heterocycles. The van der Waals surface area contributed by atoms with Crippen LogP contribution in [0.25, 0.3) is 5.65 Å². The van der Waals surface area contributed by atoms with Crippen LogP contribution in [-0.4, -0.2) is 26.8 Å². The average molecular weight is 312 g/mol. The van der Waals surface area contributed by atoms with Crippen molar-refractivity contribution in [2.24, 2.45) is 0 Å². The normalized spacial score (nSPS) is 13.9. The van der Waals surface area contributed by atoms with Gasteiger partial charge in [-0.05, 0) is 19.4 Å². The number of benzene rings is 1. The van der Waals surface area contributed by atoms with Gasteiger partial charge in [-0.1, -0.05) is 24.3 Å². The van der Waals surface area contributed by atoms with Crippen LogP contribution in [0.3, 0.4) is 0 Å². The van der Waals surface area contributed by atoms with Gasteiger partial charge in [0, 0.05) is 36.5 Å². The van der Waals surface area contributed by atoms with Crippen LogP contribution in [0.2, 0.25) is 0 Å². The summed E-state index contributed by atoms with van der Waals surface area (Å²) < 4.78 is 6.69. The molecule has 120 valence electrons. The topological polar surface area (TPSA) is 71.7 Å². The van der Waals surface area contributed by atoms with Gasteiger partial charge in [0.1, 0.15) is 5.82 Å². The molecule has 1 aromatic carbocycles. The van der Waals surface area contributed by atoms with Gasteiger partial charge in [0.2, 0.25) is 0 Å². The molecule has 0 radical (unpaired) electrons. The van der Waals surface area contributed by atoms with E-state index in [-0.39, 0.29) is 6.04 Å². The third-order valence-electron chi connectivity index (χ3n) is 3.80. The molecule has 2 N–H and O–H groups in total. The monoisotopic (exact) mass is 312 g/mol. The van der Waals surface area contributed by atoms with Crippen molar-refractivity contribution in [3.05, 3.63) is 59.4 Å². The third-order valence-corrected chi connectivity index (χ3v) is 3.80. The molecule has 2 atom stereocenters. The Bertz CT molecular complexity index is 798. The summed E-state index contributed by atoms with van der Waals surface area (Å²) in [5.41, 5.74) is 3.59. The van der Waals surface area contributed by atoms with Crippen LogP contribution in [0, 0.1) is 6.92 Å². The quantitative estimate of drug-likeness (QED) is 0.709. The molecular formula is C17H20N4O2. The number of aryl methyl sites for hydroxylation is 1. The molecule has 0 saturated carbocycles. The van der Waals surface area contributed by atoms with Crippen LogP contribution in [-0.2, 0) is 4.74 Å². The minimum atomic E-state index is -0.890. The lowest BCUT2D eigenvalue weighted by Gasteiger charge is -2.18. The Labute approximate surface area is 134 Å². The van der Waals surface area contributed by atoms with E-state index in [0.717, 1.165) is 28.3 Å². The number of nitrogens with zero attached hydrogens (tertiary/aromatic N) is 3. The lowest BCUT2D eigenvalue weighted by molar-refractivity contribution is -0.0769. The van der Waals surface area contributed by atoms with Crippen molar-refractivity contribution >= 4 is 11.5 Å². The van der Waals surface area contributed by atoms with Crippen LogP contribution in [0.5, 0.6) is 0 Å². The van der Waals surface area contributed by atoms with Gasteiger partial charge in [-0.2, -0.15) is 9.61 Å². The number of methoxy groups -OCH3 is 1. The lowest BCUT2D eigenvalue weighted by atomic mass is 10.1. The molecule has 1 unspecified atom stereocenters. The van der Waals surface area contributed by atoms with E-state index in [4.69, 9.17) is 4.74 Å². The van der Waals surface area contributed by atoms with E-state index in [2.05, 4.69) is 22.3 Å². The average Bonchev–Trinajstić information content (AvgIpc) is 3.02. The van der Waals surface area contributed by atoms with Crippen molar-refractivity contribution in [1.29, 1.82) is 0 Å². The first-order valence-corrected chi connectivity index (χ1v) is 7.47. The van der Waals surface area contributed by atoms with Crippen molar-refractivity contribution in [1.82, 2.24) is 14.6 Å². The summed E-state index contributed by atoms with van der Waals surface area (Å²) >= 11 is 0. The molecule has 2 aromatic heterocycles. The van der Waals surface area contributed by atoms with E-state index < -0.39 is 6.29 Å². The van der Waals surface area contributed by atoms with Crippen LogP contribution in [0.15, 0.2) is 42.6 Å². The van der Waals surface area contributed by atoms with Gasteiger partial charge >= 0.3 is 0 Å². The number of hydrogen-bond donors (Lipinski definition) is 2. The maximum Gasteiger partial charge on any atom is 0.180 e. The van der Waals surface area contributed by atoms with Gasteiger partial charge in [0.25, 0.3) is 0 Å². The highest BCUT2D eigenvalue weighted by atomic mass is 16.6. The molecule has 23 heavy (non-hydrogen) atoms. The van der Waals surface area contributed by atoms with Crippen molar-refractivity contribution in [3.63, 3.8) is 0 Å². The van der Waals surface area contributed by atoms with E-state index in [0.29, 0.717) is 0 Å². The summed E-state index contributed by atoms with van der Waals surface area (Å²) in [6, 6.07) is 11.6. The molecule has 0 aliphatic carbocycles. The first-order valence-electron chi connectivity index (χ1n) is 7.47. The number of ether oxygens (including phenoxy) is 1. The molecule has 3 rings (SSSR count). The van der Waals surface area contributed by atoms with Crippen LogP contribution in [0.4, 0.5) is 5.82 Å². The second-order valence-electron chi connectivity index (χ2n) is 5.50. The van der Waals surface area contributed by atoms with E-state index >= 15 is 0 Å². The summed E-state index contributed by atoms with van der Waals surface area (Å²) in [7, 11) is 1.48. The number of aliphatic hydroxyl groups is 1. The SMILES string of the molecule is COC(O)c1ccc([C@H](C)Nc2cc(C)nc3ccnn23)cc1. The standard InChI is InChI=1S/C17H20N4O2/c1-11-10-16(21-15(19-11)8-9-18-21)20-12(2)13-4-6-14(7-5-13)17(22)23-3/h4-10,12,17,20,22H,1-3H3/t12-,17?/m0/s1. The Morgan fingerprint density at radius 3 is 2.57 bits per heavy atom. The van der Waals surface area contributed by atoms with Gasteiger partial charge < -0.3 is 15.2 Å². The zero-order valence-electron chi connectivity index (χ0n) is 13.4. The first-order chi connectivity index (χ1) is 11.1. The second kappa shape index (κ2) is 6.36. The molecule has 2 heterocycles. The summed E-state index contributed by atoms with van der Waals surface area (Å²) in [4.78, 5) is 4.44. The molecule has 0 aliphatic rings. The van der Waals surface area contributed by atoms with E-state index in [1.807, 2.05) is 43.3 Å². The van der Waals surface area contributed by atoms with Crippen molar-refractivity contribution in [3.8, 4) is 0 Å². The van der Waals surface area contributed by atoms with E-state index in [1.54, 1.807) is 10.7 Å². The molecular weight excluding hydrogens is 292 g/mol. The molecule has 0 spiro atoms. The highest BCUT2D eigenvalue weighted by Crippen LogP contribution is 2.22. The number of anilines is 1. The lowest BCUT2D eigenvalue weighted by Crippen LogP contribution is -2.11. The zero-order chi connectivity index (χ0) is 16.4. The largest absolute Gasteiger partial charge is 0.364 e. The first kappa shape index (κ1) is 15.5. The van der Waals surface area contributed by atoms with Crippen molar-refractivity contribution in [2.45, 2.75) is 26.2 Å². The second-order valence-corrected chi connectivity index (χ2v) is 5.50. The minimum absolute atomic E-state index is 0.0814. The Hall–Kier alpha value is -2.44. The maximum absolute atomic E-state index is 9.66. The number of aliphatic hydroxyl groups excluding tert-OH is 1. The fraction of sp³-hybridized carbons (Fsp3) is 0.294. The van der Waals surface area contributed by atoms with E-state index in [1.165, 1.54) is 7.11 Å². The molecule has 0 bridgehead atoms. The van der Waals surface area contributed by atoms with Crippen LogP contribution >= 0.6 is 0 Å². The van der Waals surface area contributed by atoms with Gasteiger partial charge in [-0.25, -0.2) is 4.98 Å². The molecule has 3 aromatic rings. The van der Waals surface area contributed by atoms with Crippen LogP contribution < -0.4 is 5.32 Å². The fourth-order valence-corrected chi connectivity index (χ4v) is 2.53. The van der Waals surface area contributed by atoms with Crippen molar-refractivity contribution < 1.29 is 9.84 Å². The number of rotatable bonds is 5. The Morgan fingerprint density at radius 2 is 1.87 bits per heavy atom. The smallest absolute Gasteiger partial charge is 0.180 e. The van der Waals surface area contributed by atoms with E-state index in [9.17, 15) is 5.11 Å². The molecule has 0 fully saturated rings. The third kappa shape index (κ3) is 3.18. The predicted molar refractivity (Wildman–Crippen MR) is 88.2 cm³/mol. The van der Waals surface area contributed by atoms with Gasteiger partial charge in [-0.3, -0.25) is 0 Å².